The number of halogens is 2. The summed E-state index contributed by atoms with van der Waals surface area (Å²) >= 11 is 7.30. The molecule has 0 N–H and O–H groups in total. The molecule has 1 heterocycles. The molecule has 0 aromatic rings. The summed E-state index contributed by atoms with van der Waals surface area (Å²) in [6, 6.07) is 0.555. The lowest BCUT2D eigenvalue weighted by Crippen LogP contribution is -2.37. The quantitative estimate of drug-likeness (QED) is 0.378. The maximum absolute atomic E-state index is 13.5. The fraction of sp³-hybridized carbons (Fsp3) is 0.833. The molecule has 1 unspecified atom stereocenters. The van der Waals surface area contributed by atoms with Crippen molar-refractivity contribution in [1.29, 1.82) is 0 Å². The first-order valence-electron chi connectivity index (χ1n) is 5.99. The second-order valence-corrected chi connectivity index (χ2v) is 11.4. The van der Waals surface area contributed by atoms with Gasteiger partial charge in [-0.15, -0.1) is 0 Å². The Morgan fingerprint density at radius 2 is 1.29 bits per heavy atom. The van der Waals surface area contributed by atoms with E-state index in [0.717, 1.165) is 0 Å². The van der Waals surface area contributed by atoms with Crippen LogP contribution in [0.15, 0.2) is 11.1 Å². The molecule has 0 bridgehead atoms. The zero-order chi connectivity index (χ0) is 13.5. The van der Waals surface area contributed by atoms with Crippen molar-refractivity contribution >= 4 is 39.2 Å². The summed E-state index contributed by atoms with van der Waals surface area (Å²) in [5.41, 5.74) is 2.42. The predicted molar refractivity (Wildman–Crippen MR) is 83.5 cm³/mol. The van der Waals surface area contributed by atoms with Gasteiger partial charge in [-0.25, -0.2) is 4.67 Å². The Labute approximate surface area is 122 Å². The van der Waals surface area contributed by atoms with Gasteiger partial charge in [0.05, 0.1) is 0 Å². The Morgan fingerprint density at radius 1 is 1.00 bits per heavy atom. The molecule has 0 spiro atoms. The van der Waals surface area contributed by atoms with Gasteiger partial charge in [0, 0.05) is 12.1 Å². The third kappa shape index (κ3) is 2.48. The Hall–Kier alpha value is 0.890. The smallest absolute Gasteiger partial charge is 0.184 e. The molecule has 1 rings (SSSR count). The van der Waals surface area contributed by atoms with Crippen molar-refractivity contribution in [1.82, 2.24) is 4.67 Å². The molecule has 1 aliphatic rings. The molecule has 0 radical (unpaired) electrons. The Bertz CT molecular complexity index is 349. The first kappa shape index (κ1) is 15.9. The molecular formula is C12H22Br2NOP. The summed E-state index contributed by atoms with van der Waals surface area (Å²) < 4.78 is 15.6. The van der Waals surface area contributed by atoms with E-state index in [-0.39, 0.29) is 21.2 Å². The molecule has 3 atom stereocenters. The van der Waals surface area contributed by atoms with Crippen molar-refractivity contribution in [3.63, 3.8) is 0 Å². The van der Waals surface area contributed by atoms with Crippen molar-refractivity contribution in [3.8, 4) is 0 Å². The lowest BCUT2D eigenvalue weighted by molar-refractivity contribution is 0.300. The summed E-state index contributed by atoms with van der Waals surface area (Å²) in [5, 5.41) is 0. The van der Waals surface area contributed by atoms with Crippen molar-refractivity contribution in [3.05, 3.63) is 11.1 Å². The van der Waals surface area contributed by atoms with Crippen LogP contribution in [0.1, 0.15) is 41.5 Å². The van der Waals surface area contributed by atoms with Crippen LogP contribution in [0, 0.1) is 0 Å². The van der Waals surface area contributed by atoms with Gasteiger partial charge in [-0.2, -0.15) is 0 Å². The summed E-state index contributed by atoms with van der Waals surface area (Å²) in [4.78, 5) is 0. The maximum atomic E-state index is 13.5. The van der Waals surface area contributed by atoms with E-state index >= 15 is 0 Å². The minimum atomic E-state index is -2.49. The Morgan fingerprint density at radius 3 is 1.53 bits per heavy atom. The number of alkyl halides is 2. The molecule has 0 saturated heterocycles. The fourth-order valence-corrected chi connectivity index (χ4v) is 10.6. The molecule has 0 amide bonds. The molecule has 100 valence electrons. The van der Waals surface area contributed by atoms with Crippen LogP contribution in [-0.4, -0.2) is 25.9 Å². The first-order valence-corrected chi connectivity index (χ1v) is 9.62. The van der Waals surface area contributed by atoms with E-state index in [0.29, 0.717) is 0 Å². The molecule has 0 aromatic carbocycles. The molecule has 17 heavy (non-hydrogen) atoms. The van der Waals surface area contributed by atoms with Gasteiger partial charge in [-0.3, -0.25) is 0 Å². The number of allylic oxidation sites excluding steroid dienone is 2. The van der Waals surface area contributed by atoms with E-state index in [9.17, 15) is 4.57 Å². The van der Waals surface area contributed by atoms with Crippen molar-refractivity contribution in [2.24, 2.45) is 0 Å². The highest BCUT2D eigenvalue weighted by Gasteiger charge is 2.51. The van der Waals surface area contributed by atoms with Gasteiger partial charge in [-0.05, 0) is 41.5 Å². The topological polar surface area (TPSA) is 20.3 Å². The van der Waals surface area contributed by atoms with Crippen molar-refractivity contribution < 1.29 is 4.57 Å². The number of hydrogen-bond donors (Lipinski definition) is 0. The van der Waals surface area contributed by atoms with Gasteiger partial charge >= 0.3 is 0 Å². The normalized spacial score (nSPS) is 34.5. The second kappa shape index (κ2) is 5.48. The van der Waals surface area contributed by atoms with E-state index < -0.39 is 7.29 Å². The van der Waals surface area contributed by atoms with E-state index in [4.69, 9.17) is 0 Å². The maximum Gasteiger partial charge on any atom is 0.184 e. The fourth-order valence-electron chi connectivity index (χ4n) is 2.60. The number of nitrogens with zero attached hydrogens (tertiary/aromatic N) is 1. The summed E-state index contributed by atoms with van der Waals surface area (Å²) in [7, 11) is -2.49. The second-order valence-electron chi connectivity index (χ2n) is 5.28. The molecule has 0 aliphatic carbocycles. The molecule has 2 nitrogen and oxygen atoms in total. The highest BCUT2D eigenvalue weighted by molar-refractivity contribution is 9.12. The molecule has 0 aromatic heterocycles. The molecule has 0 fully saturated rings. The van der Waals surface area contributed by atoms with Crippen molar-refractivity contribution in [2.75, 3.05) is 0 Å². The third-order valence-corrected chi connectivity index (χ3v) is 12.0. The zero-order valence-electron chi connectivity index (χ0n) is 11.4. The lowest BCUT2D eigenvalue weighted by Gasteiger charge is -2.39. The molecule has 5 heteroatoms. The summed E-state index contributed by atoms with van der Waals surface area (Å²) in [6.07, 6.45) is 0. The van der Waals surface area contributed by atoms with Gasteiger partial charge in [0.25, 0.3) is 0 Å². The molecular weight excluding hydrogens is 365 g/mol. The monoisotopic (exact) mass is 385 g/mol. The molecule has 0 saturated carbocycles. The van der Waals surface area contributed by atoms with Crippen LogP contribution in [0.5, 0.6) is 0 Å². The highest BCUT2D eigenvalue weighted by atomic mass is 79.9. The predicted octanol–water partition coefficient (Wildman–Crippen LogP) is 5.18. The summed E-state index contributed by atoms with van der Waals surface area (Å²) in [5.74, 6) is 0. The third-order valence-electron chi connectivity index (χ3n) is 3.41. The van der Waals surface area contributed by atoms with Crippen LogP contribution in [0.25, 0.3) is 0 Å². The minimum Gasteiger partial charge on any atom is -0.303 e. The number of hydrogen-bond acceptors (Lipinski definition) is 1. The zero-order valence-corrected chi connectivity index (χ0v) is 15.4. The Kier molecular flexibility index (Phi) is 5.14. The van der Waals surface area contributed by atoms with Crippen LogP contribution in [0.3, 0.4) is 0 Å². The van der Waals surface area contributed by atoms with Crippen LogP contribution >= 0.6 is 39.2 Å². The lowest BCUT2D eigenvalue weighted by atomic mass is 10.2. The largest absolute Gasteiger partial charge is 0.303 e. The van der Waals surface area contributed by atoms with Gasteiger partial charge < -0.3 is 4.57 Å². The minimum absolute atomic E-state index is 0.0239. The molecule has 1 aliphatic heterocycles. The van der Waals surface area contributed by atoms with Crippen LogP contribution in [0.2, 0.25) is 0 Å². The van der Waals surface area contributed by atoms with Crippen LogP contribution < -0.4 is 0 Å². The average Bonchev–Trinajstić information content (AvgIpc) is 2.34. The van der Waals surface area contributed by atoms with E-state index in [1.165, 1.54) is 11.1 Å². The highest BCUT2D eigenvalue weighted by Crippen LogP contribution is 2.71. The van der Waals surface area contributed by atoms with Gasteiger partial charge in [0.2, 0.25) is 0 Å². The van der Waals surface area contributed by atoms with E-state index in [2.05, 4.69) is 78.1 Å². The van der Waals surface area contributed by atoms with Crippen molar-refractivity contribution in [2.45, 2.75) is 62.8 Å². The Balaban J connectivity index is 3.25. The van der Waals surface area contributed by atoms with Crippen LogP contribution in [-0.2, 0) is 4.57 Å². The average molecular weight is 387 g/mol. The van der Waals surface area contributed by atoms with Gasteiger partial charge in [-0.1, -0.05) is 43.0 Å². The van der Waals surface area contributed by atoms with E-state index in [1.807, 2.05) is 0 Å². The van der Waals surface area contributed by atoms with Crippen LogP contribution in [0.4, 0.5) is 0 Å². The SMILES string of the molecule is CC1=C(C)[C@H](Br)P(=O)(N(C(C)C)C(C)C)[C@@H]1Br. The van der Waals surface area contributed by atoms with Gasteiger partial charge in [0.15, 0.2) is 7.29 Å². The van der Waals surface area contributed by atoms with Gasteiger partial charge in [0.1, 0.15) is 9.14 Å². The number of rotatable bonds is 3. The standard InChI is InChI=1S/C12H22Br2NOP/c1-7(2)15(8(3)4)17(16)11(13)9(5)10(6)12(17)14/h7-8,11-12H,1-6H3/t11-,12+,17?. The van der Waals surface area contributed by atoms with E-state index in [1.54, 1.807) is 0 Å². The summed E-state index contributed by atoms with van der Waals surface area (Å²) in [6.45, 7) is 12.6. The first-order chi connectivity index (χ1) is 7.65.